The van der Waals surface area contributed by atoms with Crippen LogP contribution in [0.1, 0.15) is 66.1 Å². The molecule has 1 fully saturated rings. The number of esters is 1. The normalized spacial score (nSPS) is 17.8. The molecule has 0 saturated heterocycles. The Kier molecular flexibility index (Phi) is 9.93. The van der Waals surface area contributed by atoms with Crippen molar-refractivity contribution in [2.75, 3.05) is 13.2 Å². The van der Waals surface area contributed by atoms with Crippen molar-refractivity contribution in [1.29, 1.82) is 0 Å². The van der Waals surface area contributed by atoms with Crippen LogP contribution in [0.3, 0.4) is 0 Å². The lowest BCUT2D eigenvalue weighted by atomic mass is 9.92. The Bertz CT molecular complexity index is 992. The molecule has 1 heterocycles. The number of rotatable bonds is 10. The molecule has 1 aromatic carbocycles. The highest BCUT2D eigenvalue weighted by Gasteiger charge is 2.25. The third-order valence-corrected chi connectivity index (χ3v) is 7.99. The van der Waals surface area contributed by atoms with Gasteiger partial charge in [-0.25, -0.2) is 4.79 Å². The number of halogens is 3. The predicted molar refractivity (Wildman–Crippen MR) is 138 cm³/mol. The van der Waals surface area contributed by atoms with Crippen LogP contribution >= 0.6 is 46.1 Å². The van der Waals surface area contributed by atoms with E-state index in [1.54, 1.807) is 6.07 Å². The number of carbonyl (C=O) groups is 2. The van der Waals surface area contributed by atoms with E-state index in [1.165, 1.54) is 18.3 Å². The number of alkyl halides is 1. The molecule has 0 radical (unpaired) electrons. The first kappa shape index (κ1) is 26.3. The maximum Gasteiger partial charge on any atom is 0.348 e. The summed E-state index contributed by atoms with van der Waals surface area (Å²) in [4.78, 5) is 25.3. The highest BCUT2D eigenvalue weighted by atomic mass is 35.5. The van der Waals surface area contributed by atoms with Gasteiger partial charge in [-0.05, 0) is 73.8 Å². The van der Waals surface area contributed by atoms with Crippen molar-refractivity contribution in [3.8, 4) is 11.1 Å². The number of aryl methyl sites for hydroxylation is 2. The lowest BCUT2D eigenvalue weighted by Gasteiger charge is -2.15. The smallest absolute Gasteiger partial charge is 0.348 e. The maximum absolute atomic E-state index is 12.7. The summed E-state index contributed by atoms with van der Waals surface area (Å²) < 4.78 is 5.36. The molecule has 33 heavy (non-hydrogen) atoms. The molecule has 3 rings (SSSR count). The van der Waals surface area contributed by atoms with Crippen molar-refractivity contribution >= 4 is 58.0 Å². The molecule has 1 aromatic heterocycles. The van der Waals surface area contributed by atoms with Crippen molar-refractivity contribution in [2.24, 2.45) is 5.92 Å². The van der Waals surface area contributed by atoms with Crippen LogP contribution in [0.4, 0.5) is 0 Å². The predicted octanol–water partition coefficient (Wildman–Crippen LogP) is 7.31. The molecule has 180 valence electrons. The number of hydrogen-bond donors (Lipinski definition) is 1. The van der Waals surface area contributed by atoms with Gasteiger partial charge in [0, 0.05) is 27.8 Å². The van der Waals surface area contributed by atoms with Gasteiger partial charge >= 0.3 is 5.97 Å². The van der Waals surface area contributed by atoms with E-state index in [0.717, 1.165) is 66.5 Å². The average Bonchev–Trinajstić information content (AvgIpc) is 3.35. The van der Waals surface area contributed by atoms with Gasteiger partial charge in [-0.1, -0.05) is 36.5 Å². The van der Waals surface area contributed by atoms with E-state index < -0.39 is 0 Å². The second-order valence-electron chi connectivity index (χ2n) is 8.55. The molecule has 1 N–H and O–H groups in total. The zero-order valence-corrected chi connectivity index (χ0v) is 22.1. The van der Waals surface area contributed by atoms with Crippen LogP contribution in [0, 0.1) is 5.92 Å². The van der Waals surface area contributed by atoms with Crippen molar-refractivity contribution in [3.63, 3.8) is 0 Å². The number of ether oxygens (including phenoxy) is 1. The highest BCUT2D eigenvalue weighted by molar-refractivity contribution is 7.14. The van der Waals surface area contributed by atoms with Gasteiger partial charge in [-0.15, -0.1) is 22.9 Å². The number of nitrogens with one attached hydrogen (secondary N) is 1. The molecule has 0 bridgehead atoms. The number of carbonyl (C=O) groups excluding carboxylic acids is 2. The lowest BCUT2D eigenvalue weighted by molar-refractivity contribution is -0.119. The lowest BCUT2D eigenvalue weighted by Crippen LogP contribution is -2.25. The second-order valence-corrected chi connectivity index (χ2v) is 11.2. The number of amides is 1. The topological polar surface area (TPSA) is 55.4 Å². The Morgan fingerprint density at radius 1 is 1.18 bits per heavy atom. The van der Waals surface area contributed by atoms with Crippen LogP contribution in [0.5, 0.6) is 0 Å². The first-order valence-corrected chi connectivity index (χ1v) is 13.5. The summed E-state index contributed by atoms with van der Waals surface area (Å²) in [5.41, 5.74) is 3.04. The minimum atomic E-state index is -0.389. The van der Waals surface area contributed by atoms with E-state index in [4.69, 9.17) is 39.5 Å². The molecule has 0 spiro atoms. The van der Waals surface area contributed by atoms with Crippen LogP contribution in [-0.2, 0) is 22.4 Å². The molecular weight excluding hydrogens is 501 g/mol. The van der Waals surface area contributed by atoms with Crippen molar-refractivity contribution in [3.05, 3.63) is 43.6 Å². The summed E-state index contributed by atoms with van der Waals surface area (Å²) >= 11 is 20.8. The minimum absolute atomic E-state index is 0.130. The first-order chi connectivity index (χ1) is 15.8. The largest absolute Gasteiger partial charge is 0.460 e. The summed E-state index contributed by atoms with van der Waals surface area (Å²) in [6, 6.07) is 5.65. The molecule has 2 atom stereocenters. The third kappa shape index (κ3) is 7.35. The van der Waals surface area contributed by atoms with Gasteiger partial charge in [0.15, 0.2) is 0 Å². The van der Waals surface area contributed by atoms with Gasteiger partial charge in [0.25, 0.3) is 0 Å². The molecule has 1 saturated carbocycles. The van der Waals surface area contributed by atoms with E-state index in [0.29, 0.717) is 27.4 Å². The van der Waals surface area contributed by atoms with Crippen molar-refractivity contribution < 1.29 is 14.3 Å². The third-order valence-electron chi connectivity index (χ3n) is 5.90. The van der Waals surface area contributed by atoms with Gasteiger partial charge in [0.05, 0.1) is 11.6 Å². The quantitative estimate of drug-likeness (QED) is 0.199. The van der Waals surface area contributed by atoms with E-state index in [1.807, 2.05) is 12.1 Å². The molecule has 1 aliphatic carbocycles. The molecule has 8 heteroatoms. The maximum atomic E-state index is 12.7. The van der Waals surface area contributed by atoms with Crippen molar-refractivity contribution in [2.45, 2.75) is 64.2 Å². The molecular formula is C25H30Cl3NO3S. The van der Waals surface area contributed by atoms with E-state index in [-0.39, 0.29) is 23.9 Å². The van der Waals surface area contributed by atoms with Crippen LogP contribution in [-0.4, -0.2) is 30.4 Å². The Labute approximate surface area is 214 Å². The van der Waals surface area contributed by atoms with Gasteiger partial charge in [-0.3, -0.25) is 4.79 Å². The molecule has 2 aromatic rings. The SMILES string of the molecule is CCCc1sc(C(=O)OCCNC(C)=O)cc1-c1c(Cl)cc(Cl)cc1CCC1CCC(Cl)C1. The molecule has 0 aliphatic heterocycles. The minimum Gasteiger partial charge on any atom is -0.460 e. The van der Waals surface area contributed by atoms with Crippen LogP contribution in [0.15, 0.2) is 18.2 Å². The fourth-order valence-corrected chi connectivity index (χ4v) is 6.53. The molecule has 4 nitrogen and oxygen atoms in total. The number of thiophene rings is 1. The van der Waals surface area contributed by atoms with Crippen LogP contribution < -0.4 is 5.32 Å². The zero-order chi connectivity index (χ0) is 24.0. The Hall–Kier alpha value is -1.27. The summed E-state index contributed by atoms with van der Waals surface area (Å²) in [5, 5.41) is 4.12. The first-order valence-electron chi connectivity index (χ1n) is 11.4. The Morgan fingerprint density at radius 3 is 2.64 bits per heavy atom. The van der Waals surface area contributed by atoms with Gasteiger partial charge in [-0.2, -0.15) is 0 Å². The fourth-order valence-electron chi connectivity index (χ4n) is 4.36. The monoisotopic (exact) mass is 529 g/mol. The van der Waals surface area contributed by atoms with Gasteiger partial charge in [0.1, 0.15) is 11.5 Å². The molecule has 2 unspecified atom stereocenters. The average molecular weight is 531 g/mol. The summed E-state index contributed by atoms with van der Waals surface area (Å²) in [7, 11) is 0. The van der Waals surface area contributed by atoms with Crippen LogP contribution in [0.2, 0.25) is 10.0 Å². The zero-order valence-electron chi connectivity index (χ0n) is 19.0. The van der Waals surface area contributed by atoms with E-state index in [2.05, 4.69) is 12.2 Å². The fraction of sp³-hybridized carbons (Fsp3) is 0.520. The summed E-state index contributed by atoms with van der Waals surface area (Å²) in [6.07, 6.45) is 6.98. The number of hydrogen-bond acceptors (Lipinski definition) is 4. The van der Waals surface area contributed by atoms with Crippen molar-refractivity contribution in [1.82, 2.24) is 5.32 Å². The van der Waals surface area contributed by atoms with Gasteiger partial charge in [0.2, 0.25) is 5.91 Å². The molecule has 1 amide bonds. The van der Waals surface area contributed by atoms with Gasteiger partial charge < -0.3 is 10.1 Å². The standard InChI is InChI=1S/C25H30Cl3NO3S/c1-3-4-22-20(14-23(33-22)25(31)32-10-9-29-15(2)30)24-17(12-19(27)13-21(24)28)7-5-16-6-8-18(26)11-16/h12-14,16,18H,3-11H2,1-2H3,(H,29,30). The molecule has 1 aliphatic rings. The number of benzene rings is 1. The van der Waals surface area contributed by atoms with Crippen LogP contribution in [0.25, 0.3) is 11.1 Å². The highest BCUT2D eigenvalue weighted by Crippen LogP contribution is 2.42. The second kappa shape index (κ2) is 12.4. The summed E-state index contributed by atoms with van der Waals surface area (Å²) in [6.45, 7) is 3.96. The summed E-state index contributed by atoms with van der Waals surface area (Å²) in [5.74, 6) is 0.0725. The van der Waals surface area contributed by atoms with E-state index in [9.17, 15) is 9.59 Å². The Balaban J connectivity index is 1.85. The Morgan fingerprint density at radius 2 is 1.97 bits per heavy atom. The van der Waals surface area contributed by atoms with E-state index >= 15 is 0 Å².